The lowest BCUT2D eigenvalue weighted by molar-refractivity contribution is 0.0736. The summed E-state index contributed by atoms with van der Waals surface area (Å²) in [7, 11) is 1.57. The van der Waals surface area contributed by atoms with Crippen LogP contribution in [-0.2, 0) is 0 Å². The summed E-state index contributed by atoms with van der Waals surface area (Å²) in [5.41, 5.74) is 1.56. The molecule has 4 rings (SSSR count). The molecular weight excluding hydrogens is 376 g/mol. The molecule has 2 heterocycles. The van der Waals surface area contributed by atoms with Crippen molar-refractivity contribution in [3.8, 4) is 22.8 Å². The molecule has 5 nitrogen and oxygen atoms in total. The molecule has 140 valence electrons. The first-order valence-electron chi connectivity index (χ1n) is 8.54. The molecule has 0 atom stereocenters. The lowest BCUT2D eigenvalue weighted by Gasteiger charge is -2.11. The maximum Gasteiger partial charge on any atom is 0.353 e. The third-order valence-electron chi connectivity index (χ3n) is 4.27. The SMILES string of the molecule is COc1ccc(-c2oc3ccc(C)cc3c(=O)c2OC(=O)c2cccs2)cc1. The third-order valence-corrected chi connectivity index (χ3v) is 5.12. The normalized spacial score (nSPS) is 10.8. The first-order chi connectivity index (χ1) is 13.6. The Morgan fingerprint density at radius 2 is 1.86 bits per heavy atom. The van der Waals surface area contributed by atoms with Crippen LogP contribution in [0.4, 0.5) is 0 Å². The van der Waals surface area contributed by atoms with E-state index in [0.29, 0.717) is 27.2 Å². The van der Waals surface area contributed by atoms with E-state index in [-0.39, 0.29) is 16.9 Å². The minimum Gasteiger partial charge on any atom is -0.497 e. The number of ether oxygens (including phenoxy) is 2. The van der Waals surface area contributed by atoms with Crippen molar-refractivity contribution in [2.24, 2.45) is 0 Å². The maximum atomic E-state index is 13.1. The highest BCUT2D eigenvalue weighted by atomic mass is 32.1. The van der Waals surface area contributed by atoms with E-state index in [9.17, 15) is 9.59 Å². The smallest absolute Gasteiger partial charge is 0.353 e. The average Bonchev–Trinajstić information content (AvgIpc) is 3.25. The summed E-state index contributed by atoms with van der Waals surface area (Å²) in [4.78, 5) is 26.1. The zero-order chi connectivity index (χ0) is 19.7. The van der Waals surface area contributed by atoms with Gasteiger partial charge < -0.3 is 13.9 Å². The van der Waals surface area contributed by atoms with Gasteiger partial charge in [0.1, 0.15) is 16.2 Å². The molecule has 0 aliphatic heterocycles. The number of aryl methyl sites for hydroxylation is 1. The fourth-order valence-electron chi connectivity index (χ4n) is 2.85. The van der Waals surface area contributed by atoms with Crippen molar-refractivity contribution >= 4 is 28.3 Å². The Hall–Kier alpha value is -3.38. The van der Waals surface area contributed by atoms with Crippen LogP contribution in [0, 0.1) is 6.92 Å². The molecule has 6 heteroatoms. The minimum atomic E-state index is -0.593. The summed E-state index contributed by atoms with van der Waals surface area (Å²) in [6, 6.07) is 15.7. The van der Waals surface area contributed by atoms with E-state index in [2.05, 4.69) is 0 Å². The van der Waals surface area contributed by atoms with Crippen molar-refractivity contribution in [2.45, 2.75) is 6.92 Å². The molecule has 0 saturated carbocycles. The summed E-state index contributed by atoms with van der Waals surface area (Å²) in [6.07, 6.45) is 0. The molecule has 2 aromatic carbocycles. The Kier molecular flexibility index (Phi) is 4.71. The van der Waals surface area contributed by atoms with Gasteiger partial charge in [-0.1, -0.05) is 17.7 Å². The summed E-state index contributed by atoms with van der Waals surface area (Å²) in [5.74, 6) is 0.152. The van der Waals surface area contributed by atoms with Crippen LogP contribution in [0.25, 0.3) is 22.3 Å². The van der Waals surface area contributed by atoms with Crippen molar-refractivity contribution in [3.05, 3.63) is 80.6 Å². The van der Waals surface area contributed by atoms with Crippen molar-refractivity contribution in [3.63, 3.8) is 0 Å². The van der Waals surface area contributed by atoms with Crippen molar-refractivity contribution in [2.75, 3.05) is 7.11 Å². The lowest BCUT2D eigenvalue weighted by Crippen LogP contribution is -2.15. The molecule has 28 heavy (non-hydrogen) atoms. The van der Waals surface area contributed by atoms with Gasteiger partial charge in [0.15, 0.2) is 5.76 Å². The first-order valence-corrected chi connectivity index (χ1v) is 9.42. The third kappa shape index (κ3) is 3.30. The highest BCUT2D eigenvalue weighted by Crippen LogP contribution is 2.32. The number of rotatable bonds is 4. The standard InChI is InChI=1S/C22H16O5S/c1-13-5-10-17-16(12-13)19(23)21(27-22(24)18-4-3-11-28-18)20(26-17)14-6-8-15(25-2)9-7-14/h3-12H,1-2H3. The number of carbonyl (C=O) groups is 1. The summed E-state index contributed by atoms with van der Waals surface area (Å²) < 4.78 is 16.7. The van der Waals surface area contributed by atoms with Crippen LogP contribution in [0.2, 0.25) is 0 Å². The molecular formula is C22H16O5S. The van der Waals surface area contributed by atoms with Gasteiger partial charge in [-0.2, -0.15) is 0 Å². The molecule has 0 amide bonds. The van der Waals surface area contributed by atoms with Crippen LogP contribution < -0.4 is 14.9 Å². The second-order valence-electron chi connectivity index (χ2n) is 6.18. The fraction of sp³-hybridized carbons (Fsp3) is 0.0909. The highest BCUT2D eigenvalue weighted by molar-refractivity contribution is 7.12. The van der Waals surface area contributed by atoms with E-state index < -0.39 is 5.97 Å². The van der Waals surface area contributed by atoms with E-state index in [1.165, 1.54) is 11.3 Å². The molecule has 0 bridgehead atoms. The summed E-state index contributed by atoms with van der Waals surface area (Å²) in [6.45, 7) is 1.88. The van der Waals surface area contributed by atoms with E-state index >= 15 is 0 Å². The quantitative estimate of drug-likeness (QED) is 0.454. The van der Waals surface area contributed by atoms with Gasteiger partial charge >= 0.3 is 5.97 Å². The molecule has 0 radical (unpaired) electrons. The van der Waals surface area contributed by atoms with E-state index in [4.69, 9.17) is 13.9 Å². The average molecular weight is 392 g/mol. The van der Waals surface area contributed by atoms with Crippen molar-refractivity contribution in [1.29, 1.82) is 0 Å². The molecule has 2 aromatic heterocycles. The number of methoxy groups -OCH3 is 1. The van der Waals surface area contributed by atoms with Gasteiger partial charge in [0, 0.05) is 5.56 Å². The van der Waals surface area contributed by atoms with Crippen LogP contribution in [0.1, 0.15) is 15.2 Å². The van der Waals surface area contributed by atoms with Crippen molar-refractivity contribution < 1.29 is 18.7 Å². The Morgan fingerprint density at radius 3 is 2.54 bits per heavy atom. The van der Waals surface area contributed by atoms with E-state index in [1.54, 1.807) is 61.0 Å². The van der Waals surface area contributed by atoms with E-state index in [0.717, 1.165) is 5.56 Å². The predicted molar refractivity (Wildman–Crippen MR) is 108 cm³/mol. The van der Waals surface area contributed by atoms with Gasteiger partial charge in [-0.3, -0.25) is 4.79 Å². The maximum absolute atomic E-state index is 13.1. The predicted octanol–water partition coefficient (Wildman–Crippen LogP) is 5.06. The summed E-state index contributed by atoms with van der Waals surface area (Å²) in [5, 5.41) is 2.14. The second kappa shape index (κ2) is 7.32. The monoisotopic (exact) mass is 392 g/mol. The van der Waals surface area contributed by atoms with Gasteiger partial charge in [0.2, 0.25) is 11.2 Å². The number of hydrogen-bond donors (Lipinski definition) is 0. The van der Waals surface area contributed by atoms with Gasteiger partial charge in [0.05, 0.1) is 12.5 Å². The Balaban J connectivity index is 1.91. The first kappa shape index (κ1) is 18.0. The Morgan fingerprint density at radius 1 is 1.07 bits per heavy atom. The molecule has 0 spiro atoms. The number of carbonyl (C=O) groups excluding carboxylic acids is 1. The zero-order valence-electron chi connectivity index (χ0n) is 15.2. The molecule has 0 aliphatic carbocycles. The molecule has 0 saturated heterocycles. The van der Waals surface area contributed by atoms with Gasteiger partial charge in [-0.25, -0.2) is 4.79 Å². The molecule has 0 N–H and O–H groups in total. The molecule has 0 aliphatic rings. The highest BCUT2D eigenvalue weighted by Gasteiger charge is 2.22. The van der Waals surface area contributed by atoms with Crippen LogP contribution in [0.15, 0.2) is 69.2 Å². The molecule has 0 fully saturated rings. The number of hydrogen-bond acceptors (Lipinski definition) is 6. The topological polar surface area (TPSA) is 65.7 Å². The van der Waals surface area contributed by atoms with Gasteiger partial charge in [-0.15, -0.1) is 11.3 Å². The second-order valence-corrected chi connectivity index (χ2v) is 7.13. The van der Waals surface area contributed by atoms with Crippen molar-refractivity contribution in [1.82, 2.24) is 0 Å². The Bertz CT molecular complexity index is 1200. The number of esters is 1. The fourth-order valence-corrected chi connectivity index (χ4v) is 3.45. The Labute approximate surface area is 164 Å². The summed E-state index contributed by atoms with van der Waals surface area (Å²) >= 11 is 1.25. The lowest BCUT2D eigenvalue weighted by atomic mass is 10.1. The largest absolute Gasteiger partial charge is 0.497 e. The zero-order valence-corrected chi connectivity index (χ0v) is 16.0. The number of fused-ring (bicyclic) bond motifs is 1. The number of benzene rings is 2. The van der Waals surface area contributed by atoms with Crippen LogP contribution in [-0.4, -0.2) is 13.1 Å². The number of thiophene rings is 1. The van der Waals surface area contributed by atoms with Gasteiger partial charge in [0.25, 0.3) is 0 Å². The van der Waals surface area contributed by atoms with Crippen LogP contribution in [0.3, 0.4) is 0 Å². The van der Waals surface area contributed by atoms with Crippen LogP contribution >= 0.6 is 11.3 Å². The molecule has 0 unspecified atom stereocenters. The minimum absolute atomic E-state index is 0.123. The van der Waals surface area contributed by atoms with E-state index in [1.807, 2.05) is 13.0 Å². The van der Waals surface area contributed by atoms with Gasteiger partial charge in [-0.05, 0) is 54.8 Å². The van der Waals surface area contributed by atoms with Crippen LogP contribution in [0.5, 0.6) is 11.5 Å². The molecule has 4 aromatic rings.